The summed E-state index contributed by atoms with van der Waals surface area (Å²) in [5, 5.41) is 14.1. The Hall–Kier alpha value is -2.78. The Morgan fingerprint density at radius 3 is 2.82 bits per heavy atom. The number of hydrogen-bond donors (Lipinski definition) is 3. The van der Waals surface area contributed by atoms with E-state index in [9.17, 15) is 9.59 Å². The molecule has 0 aliphatic heterocycles. The Kier molecular flexibility index (Phi) is 2.77. The lowest BCUT2D eigenvalue weighted by Crippen LogP contribution is -2.15. The zero-order valence-corrected chi connectivity index (χ0v) is 8.59. The minimum Gasteiger partial charge on any atom is -0.463 e. The molecule has 88 valence electrons. The number of amides is 1. The van der Waals surface area contributed by atoms with Gasteiger partial charge in [0.05, 0.1) is 7.11 Å². The van der Waals surface area contributed by atoms with Crippen LogP contribution >= 0.6 is 0 Å². The summed E-state index contributed by atoms with van der Waals surface area (Å²) in [5.41, 5.74) is 0. The molecule has 0 aliphatic carbocycles. The van der Waals surface area contributed by atoms with Crippen LogP contribution in [0, 0.1) is 0 Å². The van der Waals surface area contributed by atoms with Crippen LogP contribution in [0.5, 0.6) is 0 Å². The highest BCUT2D eigenvalue weighted by molar-refractivity contribution is 6.00. The van der Waals surface area contributed by atoms with Crippen molar-refractivity contribution >= 4 is 17.8 Å². The minimum atomic E-state index is -0.683. The lowest BCUT2D eigenvalue weighted by Gasteiger charge is -1.94. The summed E-state index contributed by atoms with van der Waals surface area (Å²) >= 11 is 0. The highest BCUT2D eigenvalue weighted by Gasteiger charge is 2.15. The number of rotatable bonds is 3. The van der Waals surface area contributed by atoms with Crippen LogP contribution in [0.1, 0.15) is 21.2 Å². The van der Waals surface area contributed by atoms with E-state index in [-0.39, 0.29) is 17.6 Å². The average Bonchev–Trinajstić information content (AvgIpc) is 2.98. The molecule has 2 rings (SSSR count). The van der Waals surface area contributed by atoms with Crippen LogP contribution < -0.4 is 5.32 Å². The van der Waals surface area contributed by atoms with E-state index in [1.54, 1.807) is 0 Å². The van der Waals surface area contributed by atoms with E-state index in [1.165, 1.54) is 13.4 Å². The van der Waals surface area contributed by atoms with Gasteiger partial charge in [0, 0.05) is 0 Å². The number of hydrogen-bond acceptors (Lipinski definition) is 7. The number of aromatic amines is 2. The highest BCUT2D eigenvalue weighted by atomic mass is 16.5. The Morgan fingerprint density at radius 2 is 2.18 bits per heavy atom. The van der Waals surface area contributed by atoms with Crippen LogP contribution in [0.2, 0.25) is 0 Å². The van der Waals surface area contributed by atoms with Gasteiger partial charge in [0.2, 0.25) is 17.6 Å². The second kappa shape index (κ2) is 4.38. The van der Waals surface area contributed by atoms with E-state index in [4.69, 9.17) is 0 Å². The molecule has 0 aromatic carbocycles. The highest BCUT2D eigenvalue weighted by Crippen LogP contribution is 2.01. The number of aromatic nitrogens is 6. The summed E-state index contributed by atoms with van der Waals surface area (Å²) < 4.78 is 4.41. The van der Waals surface area contributed by atoms with Gasteiger partial charge in [-0.2, -0.15) is 10.1 Å². The van der Waals surface area contributed by atoms with Gasteiger partial charge in [-0.1, -0.05) is 0 Å². The first-order valence-corrected chi connectivity index (χ1v) is 4.38. The van der Waals surface area contributed by atoms with Gasteiger partial charge >= 0.3 is 5.97 Å². The van der Waals surface area contributed by atoms with E-state index in [1.807, 2.05) is 0 Å². The maximum atomic E-state index is 11.5. The molecule has 0 atom stereocenters. The van der Waals surface area contributed by atoms with Gasteiger partial charge in [-0.05, 0) is 0 Å². The standard InChI is InChI=1S/C7H7N7O3/c1-17-6(16)4-10-7(14-13-4)11-5(15)3-8-2-9-12-3/h2H,1H3,(H,8,9,12)(H2,10,11,13,14,15). The van der Waals surface area contributed by atoms with Gasteiger partial charge in [-0.3, -0.25) is 20.3 Å². The molecule has 17 heavy (non-hydrogen) atoms. The Balaban J connectivity index is 2.07. The second-order valence-electron chi connectivity index (χ2n) is 2.79. The van der Waals surface area contributed by atoms with Crippen LogP contribution in [0.25, 0.3) is 0 Å². The molecule has 0 spiro atoms. The van der Waals surface area contributed by atoms with Crippen molar-refractivity contribution in [2.24, 2.45) is 0 Å². The lowest BCUT2D eigenvalue weighted by atomic mass is 10.5. The summed E-state index contributed by atoms with van der Waals surface area (Å²) in [4.78, 5) is 29.8. The maximum Gasteiger partial charge on any atom is 0.375 e. The molecule has 2 aromatic heterocycles. The fourth-order valence-corrected chi connectivity index (χ4v) is 0.981. The molecule has 10 nitrogen and oxygen atoms in total. The molecule has 1 amide bonds. The maximum absolute atomic E-state index is 11.5. The third kappa shape index (κ3) is 2.25. The molecule has 0 unspecified atom stereocenters. The monoisotopic (exact) mass is 237 g/mol. The van der Waals surface area contributed by atoms with Crippen molar-refractivity contribution in [1.82, 2.24) is 30.4 Å². The largest absolute Gasteiger partial charge is 0.463 e. The summed E-state index contributed by atoms with van der Waals surface area (Å²) in [5.74, 6) is -1.42. The second-order valence-corrected chi connectivity index (χ2v) is 2.79. The first-order chi connectivity index (χ1) is 8.20. The van der Waals surface area contributed by atoms with Crippen molar-refractivity contribution in [3.63, 3.8) is 0 Å². The van der Waals surface area contributed by atoms with Crippen molar-refractivity contribution in [3.05, 3.63) is 18.0 Å². The van der Waals surface area contributed by atoms with Crippen LogP contribution in [-0.4, -0.2) is 49.3 Å². The molecule has 0 saturated heterocycles. The molecule has 2 aromatic rings. The van der Waals surface area contributed by atoms with Crippen molar-refractivity contribution < 1.29 is 14.3 Å². The number of H-pyrrole nitrogens is 2. The van der Waals surface area contributed by atoms with Gasteiger partial charge in [-0.25, -0.2) is 9.78 Å². The summed E-state index contributed by atoms with van der Waals surface area (Å²) in [6, 6.07) is 0. The normalized spacial score (nSPS) is 9.94. The van der Waals surface area contributed by atoms with E-state index < -0.39 is 11.9 Å². The van der Waals surface area contributed by atoms with Crippen LogP contribution in [0.3, 0.4) is 0 Å². The van der Waals surface area contributed by atoms with Gasteiger partial charge in [0.25, 0.3) is 5.91 Å². The predicted octanol–water partition coefficient (Wildman–Crippen LogP) is -1.04. The quantitative estimate of drug-likeness (QED) is 0.579. The van der Waals surface area contributed by atoms with Crippen molar-refractivity contribution in [3.8, 4) is 0 Å². The fourth-order valence-electron chi connectivity index (χ4n) is 0.981. The predicted molar refractivity (Wildman–Crippen MR) is 52.1 cm³/mol. The average molecular weight is 237 g/mol. The van der Waals surface area contributed by atoms with E-state index in [2.05, 4.69) is 40.4 Å². The van der Waals surface area contributed by atoms with Crippen molar-refractivity contribution in [1.29, 1.82) is 0 Å². The first kappa shape index (κ1) is 10.7. The minimum absolute atomic E-state index is 0.00872. The zero-order valence-electron chi connectivity index (χ0n) is 8.59. The van der Waals surface area contributed by atoms with Crippen LogP contribution in [-0.2, 0) is 4.74 Å². The number of carbonyl (C=O) groups is 2. The molecule has 10 heteroatoms. The van der Waals surface area contributed by atoms with Crippen molar-refractivity contribution in [2.45, 2.75) is 0 Å². The molecule has 2 heterocycles. The Labute approximate surface area is 93.8 Å². The lowest BCUT2D eigenvalue weighted by molar-refractivity contribution is 0.0587. The van der Waals surface area contributed by atoms with E-state index in [0.717, 1.165) is 0 Å². The molecular weight excluding hydrogens is 230 g/mol. The van der Waals surface area contributed by atoms with Crippen LogP contribution in [0.4, 0.5) is 5.95 Å². The topological polar surface area (TPSA) is 139 Å². The van der Waals surface area contributed by atoms with E-state index in [0.29, 0.717) is 0 Å². The molecule has 0 fully saturated rings. The summed E-state index contributed by atoms with van der Waals surface area (Å²) in [6.45, 7) is 0. The number of esters is 1. The SMILES string of the molecule is COC(=O)c1nc(NC(=O)c2ncn[nH]2)n[nH]1. The number of ether oxygens (including phenoxy) is 1. The molecular formula is C7H7N7O3. The summed E-state index contributed by atoms with van der Waals surface area (Å²) in [6.07, 6.45) is 1.19. The molecule has 0 aliphatic rings. The van der Waals surface area contributed by atoms with Gasteiger partial charge in [0.15, 0.2) is 0 Å². The fraction of sp³-hybridized carbons (Fsp3) is 0.143. The van der Waals surface area contributed by atoms with Crippen molar-refractivity contribution in [2.75, 3.05) is 12.4 Å². The molecule has 0 radical (unpaired) electrons. The molecule has 0 saturated carbocycles. The van der Waals surface area contributed by atoms with E-state index >= 15 is 0 Å². The molecule has 0 bridgehead atoms. The third-order valence-electron chi connectivity index (χ3n) is 1.72. The first-order valence-electron chi connectivity index (χ1n) is 4.38. The summed E-state index contributed by atoms with van der Waals surface area (Å²) in [7, 11) is 1.21. The number of nitrogens with zero attached hydrogens (tertiary/aromatic N) is 4. The number of methoxy groups -OCH3 is 1. The third-order valence-corrected chi connectivity index (χ3v) is 1.72. The Bertz CT molecular complexity index is 531. The number of nitrogens with one attached hydrogen (secondary N) is 3. The smallest absolute Gasteiger partial charge is 0.375 e. The number of anilines is 1. The van der Waals surface area contributed by atoms with Gasteiger partial charge < -0.3 is 4.74 Å². The molecule has 3 N–H and O–H groups in total. The van der Waals surface area contributed by atoms with Crippen LogP contribution in [0.15, 0.2) is 6.33 Å². The Morgan fingerprint density at radius 1 is 1.35 bits per heavy atom. The van der Waals surface area contributed by atoms with Gasteiger partial charge in [0.1, 0.15) is 6.33 Å². The van der Waals surface area contributed by atoms with Gasteiger partial charge in [-0.15, -0.1) is 5.10 Å². The zero-order chi connectivity index (χ0) is 12.3. The number of carbonyl (C=O) groups excluding carboxylic acids is 2.